The molecule has 2 aromatic heterocycles. The summed E-state index contributed by atoms with van der Waals surface area (Å²) in [5, 5.41) is 4.89. The molecule has 0 aliphatic heterocycles. The normalized spacial score (nSPS) is 12.1. The number of carbonyl (C=O) groups excluding carboxylic acids is 2. The molecule has 6 nitrogen and oxygen atoms in total. The molecular formula is C12H14N4O2S. The summed E-state index contributed by atoms with van der Waals surface area (Å²) in [6.07, 6.45) is 3.62. The minimum absolute atomic E-state index is 0.350. The summed E-state index contributed by atoms with van der Waals surface area (Å²) >= 11 is 1.30. The first-order chi connectivity index (χ1) is 9.11. The van der Waals surface area contributed by atoms with Gasteiger partial charge in [-0.25, -0.2) is 9.78 Å². The first-order valence-electron chi connectivity index (χ1n) is 5.73. The topological polar surface area (TPSA) is 75.5 Å². The van der Waals surface area contributed by atoms with Gasteiger partial charge in [0.15, 0.2) is 5.16 Å². The third kappa shape index (κ3) is 3.05. The molecule has 0 saturated carbocycles. The Morgan fingerprint density at radius 1 is 1.42 bits per heavy atom. The van der Waals surface area contributed by atoms with Gasteiger partial charge in [-0.15, -0.1) is 0 Å². The van der Waals surface area contributed by atoms with Crippen LogP contribution in [-0.2, 0) is 4.79 Å². The fraction of sp³-hybridized carbons (Fsp3) is 0.250. The van der Waals surface area contributed by atoms with Crippen molar-refractivity contribution in [2.75, 3.05) is 7.05 Å². The van der Waals surface area contributed by atoms with Crippen LogP contribution >= 0.6 is 11.8 Å². The molecule has 0 aliphatic carbocycles. The molecule has 0 spiro atoms. The summed E-state index contributed by atoms with van der Waals surface area (Å²) in [6, 6.07) is 5.25. The van der Waals surface area contributed by atoms with Crippen LogP contribution in [0.15, 0.2) is 35.7 Å². The van der Waals surface area contributed by atoms with E-state index in [2.05, 4.69) is 15.6 Å². The van der Waals surface area contributed by atoms with Crippen molar-refractivity contribution in [2.24, 2.45) is 0 Å². The monoisotopic (exact) mass is 278 g/mol. The smallest absolute Gasteiger partial charge is 0.321 e. The van der Waals surface area contributed by atoms with E-state index in [1.807, 2.05) is 28.8 Å². The highest BCUT2D eigenvalue weighted by atomic mass is 32.2. The molecule has 19 heavy (non-hydrogen) atoms. The molecule has 3 amide bonds. The van der Waals surface area contributed by atoms with Gasteiger partial charge in [-0.05, 0) is 19.1 Å². The zero-order chi connectivity index (χ0) is 13.8. The second-order valence-electron chi connectivity index (χ2n) is 3.86. The van der Waals surface area contributed by atoms with Crippen molar-refractivity contribution in [3.05, 3.63) is 30.6 Å². The number of hydrogen-bond donors (Lipinski definition) is 2. The van der Waals surface area contributed by atoms with Crippen LogP contribution in [0.1, 0.15) is 6.92 Å². The lowest BCUT2D eigenvalue weighted by molar-refractivity contribution is -0.119. The Labute approximate surface area is 114 Å². The summed E-state index contributed by atoms with van der Waals surface area (Å²) in [7, 11) is 1.46. The van der Waals surface area contributed by atoms with E-state index in [1.165, 1.54) is 18.8 Å². The maximum Gasteiger partial charge on any atom is 0.321 e. The predicted octanol–water partition coefficient (Wildman–Crippen LogP) is 1.27. The number of urea groups is 1. The fourth-order valence-electron chi connectivity index (χ4n) is 1.49. The number of fused-ring (bicyclic) bond motifs is 1. The van der Waals surface area contributed by atoms with Gasteiger partial charge in [0.2, 0.25) is 5.91 Å². The number of imidazole rings is 1. The van der Waals surface area contributed by atoms with E-state index < -0.39 is 11.3 Å². The molecule has 2 heterocycles. The largest absolute Gasteiger partial charge is 0.341 e. The van der Waals surface area contributed by atoms with Crippen LogP contribution in [0.25, 0.3) is 5.52 Å². The molecule has 1 atom stereocenters. The Morgan fingerprint density at radius 3 is 2.95 bits per heavy atom. The summed E-state index contributed by atoms with van der Waals surface area (Å²) in [5.74, 6) is -0.350. The van der Waals surface area contributed by atoms with E-state index in [1.54, 1.807) is 13.1 Å². The molecule has 7 heteroatoms. The summed E-state index contributed by atoms with van der Waals surface area (Å²) in [4.78, 5) is 27.1. The van der Waals surface area contributed by atoms with Crippen molar-refractivity contribution in [3.8, 4) is 0 Å². The molecule has 0 fully saturated rings. The third-order valence-electron chi connectivity index (χ3n) is 2.52. The van der Waals surface area contributed by atoms with Crippen LogP contribution in [0.5, 0.6) is 0 Å². The highest BCUT2D eigenvalue weighted by Crippen LogP contribution is 2.22. The van der Waals surface area contributed by atoms with E-state index in [9.17, 15) is 9.59 Å². The predicted molar refractivity (Wildman–Crippen MR) is 73.1 cm³/mol. The molecule has 0 aliphatic rings. The van der Waals surface area contributed by atoms with Gasteiger partial charge in [0, 0.05) is 13.2 Å². The van der Waals surface area contributed by atoms with E-state index in [-0.39, 0.29) is 5.91 Å². The third-order valence-corrected chi connectivity index (χ3v) is 3.60. The molecular weight excluding hydrogens is 264 g/mol. The summed E-state index contributed by atoms with van der Waals surface area (Å²) in [5.41, 5.74) is 0.962. The molecule has 0 unspecified atom stereocenters. The number of pyridine rings is 1. The number of thioether (sulfide) groups is 1. The lowest BCUT2D eigenvalue weighted by Gasteiger charge is -2.09. The minimum atomic E-state index is -0.509. The average molecular weight is 278 g/mol. The zero-order valence-electron chi connectivity index (χ0n) is 10.6. The van der Waals surface area contributed by atoms with Crippen LogP contribution in [0, 0.1) is 0 Å². The standard InChI is InChI=1S/C12H14N4O2S/c1-8(10(17)15-11(18)13-2)19-12-14-7-9-5-3-4-6-16(9)12/h3-8H,1-2H3,(H2,13,15,17,18)/t8-/m1/s1. The molecule has 2 aromatic rings. The second-order valence-corrected chi connectivity index (χ2v) is 5.17. The maximum absolute atomic E-state index is 11.7. The molecule has 2 N–H and O–H groups in total. The Kier molecular flexibility index (Phi) is 4.06. The molecule has 100 valence electrons. The van der Waals surface area contributed by atoms with Gasteiger partial charge in [-0.1, -0.05) is 17.8 Å². The Bertz CT molecular complexity index is 611. The van der Waals surface area contributed by atoms with Crippen molar-refractivity contribution in [3.63, 3.8) is 0 Å². The number of amides is 3. The van der Waals surface area contributed by atoms with Gasteiger partial charge in [0.05, 0.1) is 17.0 Å². The number of rotatable bonds is 3. The summed E-state index contributed by atoms with van der Waals surface area (Å²) < 4.78 is 1.90. The quantitative estimate of drug-likeness (QED) is 0.829. The van der Waals surface area contributed by atoms with Crippen LogP contribution in [0.4, 0.5) is 4.79 Å². The van der Waals surface area contributed by atoms with E-state index in [4.69, 9.17) is 0 Å². The second kappa shape index (κ2) is 5.75. The van der Waals surface area contributed by atoms with Gasteiger partial charge in [0.25, 0.3) is 0 Å². The van der Waals surface area contributed by atoms with Crippen LogP contribution < -0.4 is 10.6 Å². The molecule has 2 rings (SSSR count). The van der Waals surface area contributed by atoms with Crippen LogP contribution in [0.3, 0.4) is 0 Å². The van der Waals surface area contributed by atoms with E-state index in [0.717, 1.165) is 10.7 Å². The van der Waals surface area contributed by atoms with E-state index in [0.29, 0.717) is 0 Å². The maximum atomic E-state index is 11.7. The number of nitrogens with one attached hydrogen (secondary N) is 2. The van der Waals surface area contributed by atoms with Gasteiger partial charge in [0.1, 0.15) is 0 Å². The average Bonchev–Trinajstić information content (AvgIpc) is 2.82. The molecule has 0 bridgehead atoms. The number of imide groups is 1. The SMILES string of the molecule is CNC(=O)NC(=O)[C@@H](C)Sc1ncc2ccccn12. The van der Waals surface area contributed by atoms with Crippen molar-refractivity contribution in [1.82, 2.24) is 20.0 Å². The van der Waals surface area contributed by atoms with Crippen molar-refractivity contribution >= 4 is 29.2 Å². The van der Waals surface area contributed by atoms with Crippen molar-refractivity contribution in [1.29, 1.82) is 0 Å². The first kappa shape index (κ1) is 13.4. The fourth-order valence-corrected chi connectivity index (χ4v) is 2.37. The van der Waals surface area contributed by atoms with E-state index >= 15 is 0 Å². The first-order valence-corrected chi connectivity index (χ1v) is 6.61. The van der Waals surface area contributed by atoms with Crippen molar-refractivity contribution < 1.29 is 9.59 Å². The van der Waals surface area contributed by atoms with Crippen molar-refractivity contribution in [2.45, 2.75) is 17.3 Å². The molecule has 0 saturated heterocycles. The minimum Gasteiger partial charge on any atom is -0.341 e. The number of aromatic nitrogens is 2. The summed E-state index contributed by atoms with van der Waals surface area (Å²) in [6.45, 7) is 1.73. The number of nitrogens with zero attached hydrogens (tertiary/aromatic N) is 2. The van der Waals surface area contributed by atoms with Gasteiger partial charge >= 0.3 is 6.03 Å². The highest BCUT2D eigenvalue weighted by molar-refractivity contribution is 8.00. The molecule has 0 aromatic carbocycles. The van der Waals surface area contributed by atoms with Crippen LogP contribution in [0.2, 0.25) is 0 Å². The lowest BCUT2D eigenvalue weighted by Crippen LogP contribution is -2.41. The highest BCUT2D eigenvalue weighted by Gasteiger charge is 2.18. The Morgan fingerprint density at radius 2 is 2.21 bits per heavy atom. The molecule has 0 radical (unpaired) electrons. The van der Waals surface area contributed by atoms with Crippen LogP contribution in [-0.4, -0.2) is 33.6 Å². The number of hydrogen-bond acceptors (Lipinski definition) is 4. The van der Waals surface area contributed by atoms with Gasteiger partial charge < -0.3 is 5.32 Å². The number of carbonyl (C=O) groups is 2. The zero-order valence-corrected chi connectivity index (χ0v) is 11.4. The van der Waals surface area contributed by atoms with Gasteiger partial charge in [-0.3, -0.25) is 14.5 Å². The Balaban J connectivity index is 2.08. The Hall–Kier alpha value is -2.02. The van der Waals surface area contributed by atoms with Gasteiger partial charge in [-0.2, -0.15) is 0 Å². The lowest BCUT2D eigenvalue weighted by atomic mass is 10.4.